The summed E-state index contributed by atoms with van der Waals surface area (Å²) < 4.78 is 5.07. The number of ether oxygens (including phenoxy) is 1. The Kier molecular flexibility index (Phi) is 4.12. The van der Waals surface area contributed by atoms with Gasteiger partial charge in [-0.15, -0.1) is 11.3 Å². The molecule has 19 heavy (non-hydrogen) atoms. The van der Waals surface area contributed by atoms with Crippen LogP contribution < -0.4 is 10.1 Å². The highest BCUT2D eigenvalue weighted by Gasteiger charge is 2.11. The maximum absolute atomic E-state index is 12.1. The fraction of sp³-hybridized carbons (Fsp3) is 0.214. The molecule has 0 unspecified atom stereocenters. The average Bonchev–Trinajstić information content (AvgIpc) is 2.70. The molecule has 0 saturated carbocycles. The third-order valence-corrected chi connectivity index (χ3v) is 4.25. The summed E-state index contributed by atoms with van der Waals surface area (Å²) in [5.41, 5.74) is 1.78. The fourth-order valence-electron chi connectivity index (χ4n) is 1.62. The van der Waals surface area contributed by atoms with E-state index in [0.717, 1.165) is 10.4 Å². The van der Waals surface area contributed by atoms with Crippen LogP contribution in [0.3, 0.4) is 0 Å². The maximum atomic E-state index is 12.1. The van der Waals surface area contributed by atoms with Crippen LogP contribution in [0, 0.1) is 13.8 Å². The topological polar surface area (TPSA) is 38.3 Å². The molecule has 0 aliphatic rings. The summed E-state index contributed by atoms with van der Waals surface area (Å²) in [5, 5.41) is 3.29. The second kappa shape index (κ2) is 5.63. The highest BCUT2D eigenvalue weighted by molar-refractivity contribution is 7.14. The van der Waals surface area contributed by atoms with Crippen LogP contribution in [-0.4, -0.2) is 13.0 Å². The number of rotatable bonds is 3. The van der Waals surface area contributed by atoms with Gasteiger partial charge in [-0.05, 0) is 43.7 Å². The monoisotopic (exact) mass is 295 g/mol. The SMILES string of the molecule is COc1ccc(NC(=O)c2cc(C)c(C)s2)cc1Cl. The first-order chi connectivity index (χ1) is 9.01. The number of aryl methyl sites for hydroxylation is 2. The van der Waals surface area contributed by atoms with Crippen LogP contribution in [0.4, 0.5) is 5.69 Å². The fourth-order valence-corrected chi connectivity index (χ4v) is 2.81. The Morgan fingerprint density at radius 3 is 2.58 bits per heavy atom. The molecule has 1 aromatic carbocycles. The predicted molar refractivity (Wildman–Crippen MR) is 79.8 cm³/mol. The van der Waals surface area contributed by atoms with Crippen LogP contribution in [-0.2, 0) is 0 Å². The van der Waals surface area contributed by atoms with Gasteiger partial charge in [-0.1, -0.05) is 11.6 Å². The zero-order chi connectivity index (χ0) is 14.0. The van der Waals surface area contributed by atoms with Gasteiger partial charge >= 0.3 is 0 Å². The lowest BCUT2D eigenvalue weighted by atomic mass is 10.2. The Morgan fingerprint density at radius 1 is 1.32 bits per heavy atom. The number of hydrogen-bond acceptors (Lipinski definition) is 3. The summed E-state index contributed by atoms with van der Waals surface area (Å²) in [6.07, 6.45) is 0. The zero-order valence-electron chi connectivity index (χ0n) is 10.9. The molecule has 0 aliphatic heterocycles. The summed E-state index contributed by atoms with van der Waals surface area (Å²) in [7, 11) is 1.55. The number of anilines is 1. The number of amides is 1. The van der Waals surface area contributed by atoms with Crippen molar-refractivity contribution in [2.45, 2.75) is 13.8 Å². The lowest BCUT2D eigenvalue weighted by molar-refractivity contribution is 0.103. The van der Waals surface area contributed by atoms with Gasteiger partial charge in [0.1, 0.15) is 5.75 Å². The number of benzene rings is 1. The molecule has 0 aliphatic carbocycles. The minimum absolute atomic E-state index is 0.123. The number of methoxy groups -OCH3 is 1. The van der Waals surface area contributed by atoms with Crippen LogP contribution in [0.15, 0.2) is 24.3 Å². The van der Waals surface area contributed by atoms with E-state index < -0.39 is 0 Å². The summed E-state index contributed by atoms with van der Waals surface area (Å²) in [4.78, 5) is 13.9. The molecule has 1 heterocycles. The molecule has 0 spiro atoms. The van der Waals surface area contributed by atoms with Crippen molar-refractivity contribution in [1.82, 2.24) is 0 Å². The number of carbonyl (C=O) groups is 1. The van der Waals surface area contributed by atoms with Crippen LogP contribution in [0.5, 0.6) is 5.75 Å². The van der Waals surface area contributed by atoms with Crippen LogP contribution in [0.25, 0.3) is 0 Å². The molecule has 2 rings (SSSR count). The Labute approximate surface area is 121 Å². The van der Waals surface area contributed by atoms with Crippen molar-refractivity contribution in [2.24, 2.45) is 0 Å². The highest BCUT2D eigenvalue weighted by Crippen LogP contribution is 2.28. The van der Waals surface area contributed by atoms with Gasteiger partial charge in [-0.2, -0.15) is 0 Å². The molecule has 5 heteroatoms. The summed E-state index contributed by atoms with van der Waals surface area (Å²) in [6.45, 7) is 3.99. The molecule has 3 nitrogen and oxygen atoms in total. The van der Waals surface area contributed by atoms with E-state index in [1.54, 1.807) is 25.3 Å². The van der Waals surface area contributed by atoms with E-state index in [9.17, 15) is 4.79 Å². The van der Waals surface area contributed by atoms with Crippen molar-refractivity contribution >= 4 is 34.5 Å². The van der Waals surface area contributed by atoms with Crippen LogP contribution in [0.2, 0.25) is 5.02 Å². The molecule has 1 aromatic heterocycles. The number of hydrogen-bond donors (Lipinski definition) is 1. The molecule has 0 saturated heterocycles. The third kappa shape index (κ3) is 3.08. The van der Waals surface area contributed by atoms with Gasteiger partial charge in [0.05, 0.1) is 17.0 Å². The van der Waals surface area contributed by atoms with Gasteiger partial charge in [-0.3, -0.25) is 4.79 Å². The standard InChI is InChI=1S/C14H14ClNO2S/c1-8-6-13(19-9(8)2)14(17)16-10-4-5-12(18-3)11(15)7-10/h4-7H,1-3H3,(H,16,17). The normalized spacial score (nSPS) is 10.3. The molecule has 1 amide bonds. The highest BCUT2D eigenvalue weighted by atomic mass is 35.5. The van der Waals surface area contributed by atoms with E-state index in [-0.39, 0.29) is 5.91 Å². The van der Waals surface area contributed by atoms with Crippen molar-refractivity contribution in [2.75, 3.05) is 12.4 Å². The summed E-state index contributed by atoms with van der Waals surface area (Å²) in [6, 6.07) is 7.05. The van der Waals surface area contributed by atoms with Crippen LogP contribution in [0.1, 0.15) is 20.1 Å². The average molecular weight is 296 g/mol. The van der Waals surface area contributed by atoms with Crippen LogP contribution >= 0.6 is 22.9 Å². The van der Waals surface area contributed by atoms with Crippen molar-refractivity contribution < 1.29 is 9.53 Å². The lowest BCUT2D eigenvalue weighted by Gasteiger charge is -2.07. The number of thiophene rings is 1. The van der Waals surface area contributed by atoms with E-state index in [1.807, 2.05) is 19.9 Å². The Morgan fingerprint density at radius 2 is 2.05 bits per heavy atom. The van der Waals surface area contributed by atoms with Gasteiger partial charge in [0.15, 0.2) is 0 Å². The number of carbonyl (C=O) groups excluding carboxylic acids is 1. The van der Waals surface area contributed by atoms with Crippen molar-refractivity contribution in [1.29, 1.82) is 0 Å². The Hall–Kier alpha value is -1.52. The van der Waals surface area contributed by atoms with Gasteiger partial charge in [0.25, 0.3) is 5.91 Å². The molecule has 2 aromatic rings. The molecule has 0 atom stereocenters. The third-order valence-electron chi connectivity index (χ3n) is 2.80. The zero-order valence-corrected chi connectivity index (χ0v) is 12.5. The first-order valence-corrected chi connectivity index (χ1v) is 6.92. The van der Waals surface area contributed by atoms with E-state index in [4.69, 9.17) is 16.3 Å². The summed E-state index contributed by atoms with van der Waals surface area (Å²) >= 11 is 7.50. The molecule has 0 radical (unpaired) electrons. The molecule has 1 N–H and O–H groups in total. The van der Waals surface area contributed by atoms with Crippen molar-refractivity contribution in [3.05, 3.63) is 44.6 Å². The van der Waals surface area contributed by atoms with Crippen molar-refractivity contribution in [3.8, 4) is 5.75 Å². The maximum Gasteiger partial charge on any atom is 0.265 e. The van der Waals surface area contributed by atoms with E-state index in [2.05, 4.69) is 5.32 Å². The van der Waals surface area contributed by atoms with Crippen molar-refractivity contribution in [3.63, 3.8) is 0 Å². The second-order valence-corrected chi connectivity index (χ2v) is 5.82. The molecule has 0 fully saturated rings. The Balaban J connectivity index is 2.17. The largest absolute Gasteiger partial charge is 0.495 e. The minimum Gasteiger partial charge on any atom is -0.495 e. The van der Waals surface area contributed by atoms with Gasteiger partial charge in [-0.25, -0.2) is 0 Å². The molecule has 0 bridgehead atoms. The molecular weight excluding hydrogens is 282 g/mol. The second-order valence-electron chi connectivity index (χ2n) is 4.15. The smallest absolute Gasteiger partial charge is 0.265 e. The van der Waals surface area contributed by atoms with Gasteiger partial charge < -0.3 is 10.1 Å². The number of nitrogens with one attached hydrogen (secondary N) is 1. The van der Waals surface area contributed by atoms with Gasteiger partial charge in [0.2, 0.25) is 0 Å². The quantitative estimate of drug-likeness (QED) is 0.918. The van der Waals surface area contributed by atoms with E-state index >= 15 is 0 Å². The minimum atomic E-state index is -0.123. The lowest BCUT2D eigenvalue weighted by Crippen LogP contribution is -2.10. The first-order valence-electron chi connectivity index (χ1n) is 5.73. The van der Waals surface area contributed by atoms with Gasteiger partial charge in [0, 0.05) is 10.6 Å². The Bertz CT molecular complexity index is 602. The van der Waals surface area contributed by atoms with E-state index in [1.165, 1.54) is 11.3 Å². The first kappa shape index (κ1) is 13.9. The molecule has 100 valence electrons. The summed E-state index contributed by atoms with van der Waals surface area (Å²) in [5.74, 6) is 0.463. The van der Waals surface area contributed by atoms with E-state index in [0.29, 0.717) is 21.3 Å². The predicted octanol–water partition coefficient (Wildman–Crippen LogP) is 4.28. The number of halogens is 1. The molecular formula is C14H14ClNO2S.